The number of hydrogen-bond donors (Lipinski definition) is 2. The molecule has 2 heterocycles. The molecule has 0 radical (unpaired) electrons. The standard InChI is InChI=1S/C12H11N5O2S/c1-19-9-4-7-14-11(15-9)17-12(20)16-10(18)8-2-5-13-6-3-8/h2-7H,1H3,(H2,14,15,16,17,18,20). The van der Waals surface area contributed by atoms with Crippen LogP contribution >= 0.6 is 12.2 Å². The first-order chi connectivity index (χ1) is 9.69. The van der Waals surface area contributed by atoms with Gasteiger partial charge in [0.05, 0.1) is 7.11 Å². The molecule has 0 aliphatic carbocycles. The van der Waals surface area contributed by atoms with Crippen LogP contribution in [0.3, 0.4) is 0 Å². The molecule has 20 heavy (non-hydrogen) atoms. The van der Waals surface area contributed by atoms with Crippen LogP contribution in [0.1, 0.15) is 10.4 Å². The number of methoxy groups -OCH3 is 1. The average molecular weight is 289 g/mol. The molecule has 2 rings (SSSR count). The highest BCUT2D eigenvalue weighted by atomic mass is 32.1. The van der Waals surface area contributed by atoms with Crippen LogP contribution in [0.25, 0.3) is 0 Å². The molecule has 0 spiro atoms. The molecule has 0 saturated heterocycles. The summed E-state index contributed by atoms with van der Waals surface area (Å²) in [5, 5.41) is 5.31. The van der Waals surface area contributed by atoms with Crippen molar-refractivity contribution >= 4 is 29.2 Å². The number of rotatable bonds is 3. The molecule has 0 aliphatic rings. The van der Waals surface area contributed by atoms with Gasteiger partial charge in [-0.3, -0.25) is 15.1 Å². The van der Waals surface area contributed by atoms with Gasteiger partial charge in [-0.1, -0.05) is 0 Å². The Morgan fingerprint density at radius 1 is 1.25 bits per heavy atom. The third-order valence-electron chi connectivity index (χ3n) is 2.23. The van der Waals surface area contributed by atoms with Crippen molar-refractivity contribution in [1.82, 2.24) is 20.3 Å². The lowest BCUT2D eigenvalue weighted by Crippen LogP contribution is -2.34. The van der Waals surface area contributed by atoms with Gasteiger partial charge >= 0.3 is 0 Å². The fraction of sp³-hybridized carbons (Fsp3) is 0.0833. The molecule has 0 atom stereocenters. The second-order valence-corrected chi connectivity index (χ2v) is 3.97. The second-order valence-electron chi connectivity index (χ2n) is 3.57. The van der Waals surface area contributed by atoms with Gasteiger partial charge in [0.25, 0.3) is 5.91 Å². The fourth-order valence-electron chi connectivity index (χ4n) is 1.33. The molecule has 102 valence electrons. The number of carbonyl (C=O) groups excluding carboxylic acids is 1. The van der Waals surface area contributed by atoms with Crippen molar-refractivity contribution in [1.29, 1.82) is 0 Å². The van der Waals surface area contributed by atoms with Gasteiger partial charge < -0.3 is 10.1 Å². The minimum Gasteiger partial charge on any atom is -0.481 e. The van der Waals surface area contributed by atoms with Crippen LogP contribution in [0.15, 0.2) is 36.8 Å². The Kier molecular flexibility index (Phi) is 4.51. The summed E-state index contributed by atoms with van der Waals surface area (Å²) >= 11 is 5.01. The number of carbonyl (C=O) groups is 1. The summed E-state index contributed by atoms with van der Waals surface area (Å²) in [4.78, 5) is 23.6. The van der Waals surface area contributed by atoms with Crippen LogP contribution in [0, 0.1) is 0 Å². The van der Waals surface area contributed by atoms with Crippen molar-refractivity contribution in [2.24, 2.45) is 0 Å². The molecule has 0 aliphatic heterocycles. The molecule has 0 aromatic carbocycles. The summed E-state index contributed by atoms with van der Waals surface area (Å²) in [7, 11) is 1.50. The summed E-state index contributed by atoms with van der Waals surface area (Å²) in [5.74, 6) is 0.294. The Labute approximate surface area is 120 Å². The second kappa shape index (κ2) is 6.53. The first-order valence-electron chi connectivity index (χ1n) is 5.58. The lowest BCUT2D eigenvalue weighted by atomic mass is 10.2. The monoisotopic (exact) mass is 289 g/mol. The van der Waals surface area contributed by atoms with Gasteiger partial charge in [0, 0.05) is 30.2 Å². The van der Waals surface area contributed by atoms with Crippen LogP contribution in [0.2, 0.25) is 0 Å². The number of hydrogen-bond acceptors (Lipinski definition) is 6. The van der Waals surface area contributed by atoms with E-state index < -0.39 is 0 Å². The first kappa shape index (κ1) is 13.8. The maximum absolute atomic E-state index is 11.8. The van der Waals surface area contributed by atoms with Gasteiger partial charge in [-0.15, -0.1) is 0 Å². The number of nitrogens with one attached hydrogen (secondary N) is 2. The number of thiocarbonyl (C=S) groups is 1. The maximum Gasteiger partial charge on any atom is 0.257 e. The van der Waals surface area contributed by atoms with Crippen molar-refractivity contribution in [2.75, 3.05) is 12.4 Å². The number of pyridine rings is 1. The molecular formula is C12H11N5O2S. The number of aromatic nitrogens is 3. The minimum absolute atomic E-state index is 0.0973. The maximum atomic E-state index is 11.8. The van der Waals surface area contributed by atoms with Crippen molar-refractivity contribution in [3.8, 4) is 5.88 Å². The SMILES string of the molecule is COc1ccnc(NC(=S)NC(=O)c2ccncc2)n1. The number of amides is 1. The molecule has 8 heteroatoms. The zero-order valence-electron chi connectivity index (χ0n) is 10.5. The Balaban J connectivity index is 1.97. The zero-order chi connectivity index (χ0) is 14.4. The van der Waals surface area contributed by atoms with Crippen LogP contribution in [0.4, 0.5) is 5.95 Å². The van der Waals surface area contributed by atoms with Gasteiger partial charge in [0.15, 0.2) is 5.11 Å². The van der Waals surface area contributed by atoms with E-state index in [1.54, 1.807) is 18.2 Å². The third kappa shape index (κ3) is 3.69. The third-order valence-corrected chi connectivity index (χ3v) is 2.44. The molecule has 0 saturated carbocycles. The fourth-order valence-corrected chi connectivity index (χ4v) is 1.51. The predicted octanol–water partition coefficient (Wildman–Crippen LogP) is 1.01. The highest BCUT2D eigenvalue weighted by Crippen LogP contribution is 2.07. The smallest absolute Gasteiger partial charge is 0.257 e. The summed E-state index contributed by atoms with van der Waals surface area (Å²) < 4.78 is 4.96. The normalized spacial score (nSPS) is 9.65. The number of nitrogens with zero attached hydrogens (tertiary/aromatic N) is 3. The first-order valence-corrected chi connectivity index (χ1v) is 5.99. The van der Waals surface area contributed by atoms with Crippen LogP contribution in [-0.4, -0.2) is 33.1 Å². The topological polar surface area (TPSA) is 89.0 Å². The average Bonchev–Trinajstić information content (AvgIpc) is 2.48. The summed E-state index contributed by atoms with van der Waals surface area (Å²) in [6.07, 6.45) is 4.56. The van der Waals surface area contributed by atoms with Gasteiger partial charge in [0.1, 0.15) is 0 Å². The largest absolute Gasteiger partial charge is 0.481 e. The van der Waals surface area contributed by atoms with Crippen LogP contribution in [0.5, 0.6) is 5.88 Å². The predicted molar refractivity (Wildman–Crippen MR) is 76.5 cm³/mol. The molecule has 2 aromatic heterocycles. The Morgan fingerprint density at radius 2 is 2.00 bits per heavy atom. The van der Waals surface area contributed by atoms with Gasteiger partial charge in [-0.2, -0.15) is 4.98 Å². The molecule has 2 aromatic rings. The summed E-state index contributed by atoms with van der Waals surface area (Å²) in [6, 6.07) is 4.77. The van der Waals surface area contributed by atoms with E-state index in [4.69, 9.17) is 17.0 Å². The molecule has 7 nitrogen and oxygen atoms in total. The van der Waals surface area contributed by atoms with Crippen molar-refractivity contribution in [2.45, 2.75) is 0 Å². The molecule has 0 unspecified atom stereocenters. The Bertz CT molecular complexity index is 620. The quantitative estimate of drug-likeness (QED) is 0.815. The molecule has 1 amide bonds. The van der Waals surface area contributed by atoms with E-state index in [1.165, 1.54) is 25.7 Å². The lowest BCUT2D eigenvalue weighted by molar-refractivity contribution is 0.0977. The highest BCUT2D eigenvalue weighted by molar-refractivity contribution is 7.80. The molecule has 0 fully saturated rings. The number of ether oxygens (including phenoxy) is 1. The van der Waals surface area contributed by atoms with Crippen molar-refractivity contribution < 1.29 is 9.53 Å². The van der Waals surface area contributed by atoms with E-state index in [0.717, 1.165) is 0 Å². The zero-order valence-corrected chi connectivity index (χ0v) is 11.3. The summed E-state index contributed by atoms with van der Waals surface area (Å²) in [5.41, 5.74) is 0.454. The van der Waals surface area contributed by atoms with E-state index in [0.29, 0.717) is 11.4 Å². The minimum atomic E-state index is -0.340. The molecule has 2 N–H and O–H groups in total. The van der Waals surface area contributed by atoms with Gasteiger partial charge in [-0.25, -0.2) is 4.98 Å². The van der Waals surface area contributed by atoms with Crippen LogP contribution in [-0.2, 0) is 0 Å². The van der Waals surface area contributed by atoms with Gasteiger partial charge in [-0.05, 0) is 24.4 Å². The van der Waals surface area contributed by atoms with Crippen molar-refractivity contribution in [3.63, 3.8) is 0 Å². The van der Waals surface area contributed by atoms with Crippen molar-refractivity contribution in [3.05, 3.63) is 42.4 Å². The Hall–Kier alpha value is -2.61. The lowest BCUT2D eigenvalue weighted by Gasteiger charge is -2.08. The van der Waals surface area contributed by atoms with E-state index in [1.807, 2.05) is 0 Å². The van der Waals surface area contributed by atoms with E-state index in [-0.39, 0.29) is 17.0 Å². The van der Waals surface area contributed by atoms with E-state index in [2.05, 4.69) is 25.6 Å². The van der Waals surface area contributed by atoms with E-state index >= 15 is 0 Å². The molecule has 0 bridgehead atoms. The van der Waals surface area contributed by atoms with E-state index in [9.17, 15) is 4.79 Å². The Morgan fingerprint density at radius 3 is 2.70 bits per heavy atom. The highest BCUT2D eigenvalue weighted by Gasteiger charge is 2.08. The number of anilines is 1. The van der Waals surface area contributed by atoms with Gasteiger partial charge in [0.2, 0.25) is 11.8 Å². The summed E-state index contributed by atoms with van der Waals surface area (Å²) in [6.45, 7) is 0. The molecular weight excluding hydrogens is 278 g/mol. The van der Waals surface area contributed by atoms with Crippen LogP contribution < -0.4 is 15.4 Å².